The van der Waals surface area contributed by atoms with Crippen LogP contribution in [0.15, 0.2) is 22.7 Å². The Hall–Kier alpha value is -0.813. The first-order chi connectivity index (χ1) is 8.95. The van der Waals surface area contributed by atoms with E-state index in [9.17, 15) is 4.79 Å². The second-order valence-corrected chi connectivity index (χ2v) is 12.2. The predicted octanol–water partition coefficient (Wildman–Crippen LogP) is 5.02. The first kappa shape index (κ1) is 17.2. The third-order valence-electron chi connectivity index (χ3n) is 4.00. The van der Waals surface area contributed by atoms with Gasteiger partial charge in [-0.2, -0.15) is 0 Å². The lowest BCUT2D eigenvalue weighted by Crippen LogP contribution is -2.43. The quantitative estimate of drug-likeness (QED) is 0.768. The van der Waals surface area contributed by atoms with Gasteiger partial charge in [-0.1, -0.05) is 26.8 Å². The van der Waals surface area contributed by atoms with Gasteiger partial charge in [-0.25, -0.2) is 0 Å². The molecular formula is C15H23BrO3Si. The Morgan fingerprint density at radius 1 is 1.35 bits per heavy atom. The first-order valence-electron chi connectivity index (χ1n) is 6.67. The van der Waals surface area contributed by atoms with E-state index >= 15 is 0 Å². The van der Waals surface area contributed by atoms with Gasteiger partial charge in [-0.15, -0.1) is 0 Å². The zero-order valence-corrected chi connectivity index (χ0v) is 15.5. The minimum Gasteiger partial charge on any atom is -0.543 e. The Kier molecular flexibility index (Phi) is 5.08. The van der Waals surface area contributed by atoms with Gasteiger partial charge in [-0.05, 0) is 58.7 Å². The van der Waals surface area contributed by atoms with Crippen LogP contribution in [0.2, 0.25) is 18.1 Å². The van der Waals surface area contributed by atoms with Gasteiger partial charge in [0.05, 0.1) is 10.4 Å². The third-order valence-corrected chi connectivity index (χ3v) is 8.96. The topological polar surface area (TPSA) is 46.5 Å². The molecule has 0 amide bonds. The lowest BCUT2D eigenvalue weighted by molar-refractivity contribution is -0.138. The summed E-state index contributed by atoms with van der Waals surface area (Å²) in [5, 5.41) is 9.17. The highest BCUT2D eigenvalue weighted by atomic mass is 79.9. The summed E-state index contributed by atoms with van der Waals surface area (Å²) in [6.45, 7) is 12.6. The number of rotatable bonds is 4. The molecule has 0 saturated carbocycles. The van der Waals surface area contributed by atoms with Gasteiger partial charge in [0.1, 0.15) is 5.75 Å². The monoisotopic (exact) mass is 358 g/mol. The zero-order chi connectivity index (χ0) is 15.7. The van der Waals surface area contributed by atoms with Gasteiger partial charge in [0.2, 0.25) is 0 Å². The van der Waals surface area contributed by atoms with Crippen LogP contribution in [0, 0.1) is 0 Å². The fraction of sp³-hybridized carbons (Fsp3) is 0.533. The highest BCUT2D eigenvalue weighted by molar-refractivity contribution is 9.10. The molecule has 0 bridgehead atoms. The summed E-state index contributed by atoms with van der Waals surface area (Å²) in [4.78, 5) is 11.0. The van der Waals surface area contributed by atoms with Gasteiger partial charge in [0.15, 0.2) is 0 Å². The Bertz CT molecular complexity index is 506. The molecule has 0 aliphatic rings. The largest absolute Gasteiger partial charge is 0.543 e. The Labute approximate surface area is 130 Å². The Balaban J connectivity index is 3.03. The van der Waals surface area contributed by atoms with E-state index in [2.05, 4.69) is 49.8 Å². The molecule has 0 radical (unpaired) electrons. The number of carbonyl (C=O) groups is 1. The number of halogens is 1. The molecule has 0 unspecified atom stereocenters. The van der Waals surface area contributed by atoms with Crippen molar-refractivity contribution in [2.45, 2.75) is 51.7 Å². The van der Waals surface area contributed by atoms with Gasteiger partial charge >= 0.3 is 5.97 Å². The highest BCUT2D eigenvalue weighted by Gasteiger charge is 2.39. The van der Waals surface area contributed by atoms with Gasteiger partial charge in [0.25, 0.3) is 8.32 Å². The van der Waals surface area contributed by atoms with Crippen LogP contribution in [0.25, 0.3) is 0 Å². The second kappa shape index (κ2) is 5.90. The minimum atomic E-state index is -1.89. The van der Waals surface area contributed by atoms with Crippen molar-refractivity contribution >= 4 is 30.2 Å². The van der Waals surface area contributed by atoms with E-state index in [0.29, 0.717) is 0 Å². The predicted molar refractivity (Wildman–Crippen MR) is 88.0 cm³/mol. The molecule has 1 aromatic carbocycles. The van der Waals surface area contributed by atoms with Crippen LogP contribution in [0.4, 0.5) is 0 Å². The molecule has 1 rings (SSSR count). The van der Waals surface area contributed by atoms with Crippen LogP contribution in [0.3, 0.4) is 0 Å². The average Bonchev–Trinajstić information content (AvgIpc) is 2.29. The maximum absolute atomic E-state index is 11.0. The molecule has 1 atom stereocenters. The Morgan fingerprint density at radius 2 is 1.90 bits per heavy atom. The molecule has 0 spiro atoms. The highest BCUT2D eigenvalue weighted by Crippen LogP contribution is 2.39. The summed E-state index contributed by atoms with van der Waals surface area (Å²) in [5.74, 6) is -0.555. The standard InChI is InChI=1S/C15H23BrO3Si/c1-10(14(17)18)11-7-8-13(12(16)9-11)19-20(5,6)15(2,3)4/h7-10H,1-6H3,(H,17,18)/t10-/m0/s1. The third kappa shape index (κ3) is 3.85. The Morgan fingerprint density at radius 3 is 2.30 bits per heavy atom. The lowest BCUT2D eigenvalue weighted by atomic mass is 10.0. The van der Waals surface area contributed by atoms with Crippen LogP contribution in [-0.4, -0.2) is 19.4 Å². The fourth-order valence-electron chi connectivity index (χ4n) is 1.44. The number of hydrogen-bond donors (Lipinski definition) is 1. The van der Waals surface area contributed by atoms with Crippen LogP contribution in [0.1, 0.15) is 39.2 Å². The molecule has 0 aliphatic carbocycles. The van der Waals surface area contributed by atoms with Crippen LogP contribution in [-0.2, 0) is 4.79 Å². The molecule has 5 heteroatoms. The van der Waals surface area contributed by atoms with Crippen LogP contribution >= 0.6 is 15.9 Å². The lowest BCUT2D eigenvalue weighted by Gasteiger charge is -2.36. The van der Waals surface area contributed by atoms with Crippen molar-refractivity contribution in [1.29, 1.82) is 0 Å². The molecule has 20 heavy (non-hydrogen) atoms. The van der Waals surface area contributed by atoms with Crippen molar-refractivity contribution in [1.82, 2.24) is 0 Å². The summed E-state index contributed by atoms with van der Waals surface area (Å²) < 4.78 is 7.05. The summed E-state index contributed by atoms with van der Waals surface area (Å²) in [6.07, 6.45) is 0. The number of hydrogen-bond acceptors (Lipinski definition) is 2. The van der Waals surface area contributed by atoms with E-state index in [4.69, 9.17) is 9.53 Å². The number of benzene rings is 1. The number of carboxylic acids is 1. The summed E-state index contributed by atoms with van der Waals surface area (Å²) in [5.41, 5.74) is 0.770. The minimum absolute atomic E-state index is 0.124. The van der Waals surface area contributed by atoms with Gasteiger partial charge < -0.3 is 9.53 Å². The second-order valence-electron chi connectivity index (χ2n) is 6.61. The maximum Gasteiger partial charge on any atom is 0.310 e. The van der Waals surface area contributed by atoms with Crippen molar-refractivity contribution in [3.05, 3.63) is 28.2 Å². The molecule has 3 nitrogen and oxygen atoms in total. The molecule has 0 fully saturated rings. The summed E-state index contributed by atoms with van der Waals surface area (Å²) in [6, 6.07) is 5.52. The maximum atomic E-state index is 11.0. The van der Waals surface area contributed by atoms with Gasteiger partial charge in [-0.3, -0.25) is 4.79 Å². The smallest absolute Gasteiger partial charge is 0.310 e. The van der Waals surface area contributed by atoms with E-state index in [1.807, 2.05) is 18.2 Å². The molecule has 0 heterocycles. The van der Waals surface area contributed by atoms with E-state index < -0.39 is 20.2 Å². The van der Waals surface area contributed by atoms with E-state index in [1.54, 1.807) is 6.92 Å². The molecule has 1 N–H and O–H groups in total. The molecule has 0 aromatic heterocycles. The number of carboxylic acid groups (broad SMARTS) is 1. The normalized spacial score (nSPS) is 13.9. The molecule has 0 aliphatic heterocycles. The van der Waals surface area contributed by atoms with Crippen molar-refractivity contribution in [3.63, 3.8) is 0 Å². The van der Waals surface area contributed by atoms with Gasteiger partial charge in [0, 0.05) is 0 Å². The number of aliphatic carboxylic acids is 1. The average molecular weight is 359 g/mol. The fourth-order valence-corrected chi connectivity index (χ4v) is 3.10. The SMILES string of the molecule is C[C@H](C(=O)O)c1ccc(O[Si](C)(C)C(C)(C)C)c(Br)c1. The molecule has 1 aromatic rings. The molecule has 0 saturated heterocycles. The molecular weight excluding hydrogens is 336 g/mol. The van der Waals surface area contributed by atoms with Crippen molar-refractivity contribution in [2.24, 2.45) is 0 Å². The van der Waals surface area contributed by atoms with E-state index in [-0.39, 0.29) is 5.04 Å². The van der Waals surface area contributed by atoms with Crippen LogP contribution in [0.5, 0.6) is 5.75 Å². The summed E-state index contributed by atoms with van der Waals surface area (Å²) >= 11 is 3.49. The van der Waals surface area contributed by atoms with E-state index in [0.717, 1.165) is 15.8 Å². The van der Waals surface area contributed by atoms with Crippen molar-refractivity contribution in [3.8, 4) is 5.75 Å². The van der Waals surface area contributed by atoms with Crippen LogP contribution < -0.4 is 4.43 Å². The molecule has 112 valence electrons. The summed E-state index contributed by atoms with van der Waals surface area (Å²) in [7, 11) is -1.89. The van der Waals surface area contributed by atoms with E-state index in [1.165, 1.54) is 0 Å². The zero-order valence-electron chi connectivity index (χ0n) is 13.0. The van der Waals surface area contributed by atoms with Crippen molar-refractivity contribution < 1.29 is 14.3 Å². The van der Waals surface area contributed by atoms with Crippen molar-refractivity contribution in [2.75, 3.05) is 0 Å². The first-order valence-corrected chi connectivity index (χ1v) is 10.4.